The Morgan fingerprint density at radius 2 is 1.85 bits per heavy atom. The summed E-state index contributed by atoms with van der Waals surface area (Å²) in [6.45, 7) is 1.74. The van der Waals surface area contributed by atoms with Crippen molar-refractivity contribution in [1.29, 1.82) is 0 Å². The molecule has 0 saturated heterocycles. The van der Waals surface area contributed by atoms with Crippen LogP contribution in [0.25, 0.3) is 0 Å². The lowest BCUT2D eigenvalue weighted by molar-refractivity contribution is 0.0996. The van der Waals surface area contributed by atoms with Crippen molar-refractivity contribution in [3.63, 3.8) is 0 Å². The second kappa shape index (κ2) is 7.23. The zero-order valence-corrected chi connectivity index (χ0v) is 15.3. The van der Waals surface area contributed by atoms with Crippen molar-refractivity contribution in [2.24, 2.45) is 0 Å². The molecule has 8 heteroatoms. The minimum Gasteiger partial charge on any atom is -0.459 e. The second-order valence-corrected chi connectivity index (χ2v) is 7.59. The van der Waals surface area contributed by atoms with Gasteiger partial charge in [0.25, 0.3) is 15.9 Å². The largest absolute Gasteiger partial charge is 0.459 e. The van der Waals surface area contributed by atoms with Crippen LogP contribution < -0.4 is 10.0 Å². The van der Waals surface area contributed by atoms with Gasteiger partial charge in [-0.1, -0.05) is 29.8 Å². The van der Waals surface area contributed by atoms with E-state index in [-0.39, 0.29) is 21.4 Å². The molecule has 3 rings (SSSR count). The van der Waals surface area contributed by atoms with Gasteiger partial charge in [0.15, 0.2) is 5.76 Å². The molecule has 0 radical (unpaired) electrons. The fourth-order valence-corrected chi connectivity index (χ4v) is 3.65. The predicted octanol–water partition coefficient (Wildman–Crippen LogP) is 4.29. The molecular weight excluding hydrogens is 376 g/mol. The SMILES string of the molecule is Cc1ccoc1C(=O)Nc1cccc(S(=O)(=O)Nc2ccccc2Cl)c1. The average molecular weight is 391 g/mol. The summed E-state index contributed by atoms with van der Waals surface area (Å²) in [6.07, 6.45) is 1.42. The molecule has 0 atom stereocenters. The third-order valence-corrected chi connectivity index (χ3v) is 5.28. The van der Waals surface area contributed by atoms with Crippen LogP contribution in [0.2, 0.25) is 5.02 Å². The Morgan fingerprint density at radius 3 is 2.54 bits per heavy atom. The maximum absolute atomic E-state index is 12.6. The lowest BCUT2D eigenvalue weighted by atomic mass is 10.2. The molecule has 2 aromatic carbocycles. The van der Waals surface area contributed by atoms with E-state index < -0.39 is 15.9 Å². The maximum Gasteiger partial charge on any atom is 0.291 e. The van der Waals surface area contributed by atoms with E-state index in [0.29, 0.717) is 11.3 Å². The molecule has 0 aliphatic heterocycles. The molecular formula is C18H15ClN2O4S. The van der Waals surface area contributed by atoms with Gasteiger partial charge in [-0.05, 0) is 43.3 Å². The number of carbonyl (C=O) groups excluding carboxylic acids is 1. The van der Waals surface area contributed by atoms with Gasteiger partial charge in [-0.3, -0.25) is 9.52 Å². The molecule has 0 bridgehead atoms. The lowest BCUT2D eigenvalue weighted by Gasteiger charge is -2.11. The lowest BCUT2D eigenvalue weighted by Crippen LogP contribution is -2.15. The predicted molar refractivity (Wildman–Crippen MR) is 100 cm³/mol. The van der Waals surface area contributed by atoms with E-state index in [4.69, 9.17) is 16.0 Å². The monoisotopic (exact) mass is 390 g/mol. The van der Waals surface area contributed by atoms with E-state index in [1.807, 2.05) is 0 Å². The van der Waals surface area contributed by atoms with Crippen LogP contribution in [0.3, 0.4) is 0 Å². The van der Waals surface area contributed by atoms with E-state index in [1.165, 1.54) is 24.5 Å². The summed E-state index contributed by atoms with van der Waals surface area (Å²) < 4.78 is 32.7. The van der Waals surface area contributed by atoms with Crippen LogP contribution in [0.4, 0.5) is 11.4 Å². The smallest absolute Gasteiger partial charge is 0.291 e. The number of carbonyl (C=O) groups is 1. The quantitative estimate of drug-likeness (QED) is 0.680. The van der Waals surface area contributed by atoms with Crippen molar-refractivity contribution in [2.75, 3.05) is 10.0 Å². The Balaban J connectivity index is 1.83. The van der Waals surface area contributed by atoms with Crippen molar-refractivity contribution in [3.8, 4) is 0 Å². The second-order valence-electron chi connectivity index (χ2n) is 5.50. The van der Waals surface area contributed by atoms with E-state index in [1.54, 1.807) is 43.3 Å². The Bertz CT molecular complexity index is 1060. The first-order chi connectivity index (χ1) is 12.4. The third-order valence-electron chi connectivity index (χ3n) is 3.59. The van der Waals surface area contributed by atoms with Crippen molar-refractivity contribution < 1.29 is 17.6 Å². The van der Waals surface area contributed by atoms with Crippen molar-refractivity contribution in [2.45, 2.75) is 11.8 Å². The molecule has 2 N–H and O–H groups in total. The molecule has 0 aliphatic carbocycles. The highest BCUT2D eigenvalue weighted by molar-refractivity contribution is 7.92. The van der Waals surface area contributed by atoms with Crippen LogP contribution in [0.15, 0.2) is 70.2 Å². The number of amides is 1. The summed E-state index contributed by atoms with van der Waals surface area (Å²) in [4.78, 5) is 12.2. The van der Waals surface area contributed by atoms with Gasteiger partial charge in [0.05, 0.1) is 21.9 Å². The standard InChI is InChI=1S/C18H15ClN2O4S/c1-12-9-10-25-17(12)18(22)20-13-5-4-6-14(11-13)26(23,24)21-16-8-3-2-7-15(16)19/h2-11,21H,1H3,(H,20,22). The molecule has 3 aromatic rings. The summed E-state index contributed by atoms with van der Waals surface area (Å²) >= 11 is 6.00. The molecule has 0 fully saturated rings. The van der Waals surface area contributed by atoms with Crippen molar-refractivity contribution >= 4 is 38.9 Å². The van der Waals surface area contributed by atoms with Gasteiger partial charge in [0.2, 0.25) is 0 Å². The zero-order valence-electron chi connectivity index (χ0n) is 13.7. The van der Waals surface area contributed by atoms with E-state index >= 15 is 0 Å². The van der Waals surface area contributed by atoms with Gasteiger partial charge in [-0.15, -0.1) is 0 Å². The number of benzene rings is 2. The molecule has 1 heterocycles. The van der Waals surface area contributed by atoms with Crippen LogP contribution in [-0.2, 0) is 10.0 Å². The number of halogens is 1. The zero-order chi connectivity index (χ0) is 18.7. The van der Waals surface area contributed by atoms with Gasteiger partial charge >= 0.3 is 0 Å². The first-order valence-electron chi connectivity index (χ1n) is 7.60. The minimum atomic E-state index is -3.87. The fourth-order valence-electron chi connectivity index (χ4n) is 2.28. The highest BCUT2D eigenvalue weighted by Crippen LogP contribution is 2.25. The van der Waals surface area contributed by atoms with Gasteiger partial charge in [0.1, 0.15) is 0 Å². The Hall–Kier alpha value is -2.77. The molecule has 6 nitrogen and oxygen atoms in total. The number of hydrogen-bond acceptors (Lipinski definition) is 4. The third kappa shape index (κ3) is 3.89. The molecule has 26 heavy (non-hydrogen) atoms. The molecule has 0 unspecified atom stereocenters. The van der Waals surface area contributed by atoms with Crippen LogP contribution in [0.1, 0.15) is 16.1 Å². The van der Waals surface area contributed by atoms with Crippen LogP contribution in [-0.4, -0.2) is 14.3 Å². The number of para-hydroxylation sites is 1. The van der Waals surface area contributed by atoms with Crippen molar-refractivity contribution in [1.82, 2.24) is 0 Å². The molecule has 0 spiro atoms. The highest BCUT2D eigenvalue weighted by atomic mass is 35.5. The summed E-state index contributed by atoms with van der Waals surface area (Å²) in [5.74, 6) is -0.284. The number of aryl methyl sites for hydroxylation is 1. The Morgan fingerprint density at radius 1 is 1.08 bits per heavy atom. The van der Waals surface area contributed by atoms with Gasteiger partial charge in [0, 0.05) is 11.3 Å². The molecule has 0 aliphatic rings. The maximum atomic E-state index is 12.6. The topological polar surface area (TPSA) is 88.4 Å². The number of nitrogens with one attached hydrogen (secondary N) is 2. The number of rotatable bonds is 5. The summed E-state index contributed by atoms with van der Waals surface area (Å²) in [5.41, 5.74) is 1.29. The summed E-state index contributed by atoms with van der Waals surface area (Å²) in [6, 6.07) is 14.1. The van der Waals surface area contributed by atoms with E-state index in [2.05, 4.69) is 10.0 Å². The van der Waals surface area contributed by atoms with E-state index in [9.17, 15) is 13.2 Å². The molecule has 1 amide bonds. The minimum absolute atomic E-state index is 0.00798. The average Bonchev–Trinajstić information content (AvgIpc) is 3.03. The first kappa shape index (κ1) is 18.0. The molecule has 134 valence electrons. The van der Waals surface area contributed by atoms with Gasteiger partial charge < -0.3 is 9.73 Å². The first-order valence-corrected chi connectivity index (χ1v) is 9.46. The number of anilines is 2. The van der Waals surface area contributed by atoms with Crippen LogP contribution >= 0.6 is 11.6 Å². The van der Waals surface area contributed by atoms with E-state index in [0.717, 1.165) is 0 Å². The number of furan rings is 1. The molecule has 1 aromatic heterocycles. The fraction of sp³-hybridized carbons (Fsp3) is 0.0556. The number of hydrogen-bond donors (Lipinski definition) is 2. The van der Waals surface area contributed by atoms with Crippen LogP contribution in [0, 0.1) is 6.92 Å². The molecule has 0 saturated carbocycles. The number of sulfonamides is 1. The van der Waals surface area contributed by atoms with Gasteiger partial charge in [-0.2, -0.15) is 0 Å². The Labute approximate surface area is 155 Å². The summed E-state index contributed by atoms with van der Waals surface area (Å²) in [5, 5.41) is 2.91. The van der Waals surface area contributed by atoms with Crippen molar-refractivity contribution in [3.05, 3.63) is 77.2 Å². The summed E-state index contributed by atoms with van der Waals surface area (Å²) in [7, 11) is -3.87. The highest BCUT2D eigenvalue weighted by Gasteiger charge is 2.18. The van der Waals surface area contributed by atoms with Gasteiger partial charge in [-0.25, -0.2) is 8.42 Å². The van der Waals surface area contributed by atoms with Crippen LogP contribution in [0.5, 0.6) is 0 Å². The normalized spacial score (nSPS) is 11.2. The Kier molecular flexibility index (Phi) is 5.01.